The molecule has 1 aliphatic carbocycles. The summed E-state index contributed by atoms with van der Waals surface area (Å²) in [5.74, 6) is -0.985. The second-order valence-corrected chi connectivity index (χ2v) is 7.94. The minimum Gasteiger partial charge on any atom is -0.385 e. The standard InChI is InChI=1S/C20H22N4O4S/c1-12-7-8-14-15(9-12)29-20(18(14)19(21)27)24-17(26)11-28-22-10-16(25)23-13-5-3-2-4-6-13/h2-6,10,12H,7-9,11H2,1H3,(H2,21,27)(H,23,25)(H,24,26)/b22-10-/t12-/m1/s1. The van der Waals surface area contributed by atoms with Crippen molar-refractivity contribution >= 4 is 46.0 Å². The molecular weight excluding hydrogens is 392 g/mol. The average Bonchev–Trinajstić information content (AvgIpc) is 3.03. The first kappa shape index (κ1) is 20.5. The van der Waals surface area contributed by atoms with E-state index >= 15 is 0 Å². The number of hydrogen-bond donors (Lipinski definition) is 3. The van der Waals surface area contributed by atoms with Gasteiger partial charge < -0.3 is 21.2 Å². The number of thiophene rings is 1. The molecular formula is C20H22N4O4S. The third kappa shape index (κ3) is 5.41. The zero-order chi connectivity index (χ0) is 20.8. The topological polar surface area (TPSA) is 123 Å². The Balaban J connectivity index is 1.53. The molecule has 1 aromatic carbocycles. The minimum absolute atomic E-state index is 0.385. The largest absolute Gasteiger partial charge is 0.385 e. The van der Waals surface area contributed by atoms with Crippen LogP contribution >= 0.6 is 11.3 Å². The number of rotatable bonds is 7. The van der Waals surface area contributed by atoms with Crippen LogP contribution in [0.4, 0.5) is 10.7 Å². The van der Waals surface area contributed by atoms with Crippen molar-refractivity contribution < 1.29 is 19.2 Å². The molecule has 9 heteroatoms. The Morgan fingerprint density at radius 1 is 1.28 bits per heavy atom. The van der Waals surface area contributed by atoms with Gasteiger partial charge in [0.2, 0.25) is 0 Å². The van der Waals surface area contributed by atoms with Gasteiger partial charge in [-0.25, -0.2) is 0 Å². The van der Waals surface area contributed by atoms with E-state index in [4.69, 9.17) is 10.6 Å². The molecule has 0 spiro atoms. The number of para-hydroxylation sites is 1. The summed E-state index contributed by atoms with van der Waals surface area (Å²) in [4.78, 5) is 41.7. The fourth-order valence-corrected chi connectivity index (χ4v) is 4.57. The normalized spacial score (nSPS) is 15.6. The molecule has 1 heterocycles. The second-order valence-electron chi connectivity index (χ2n) is 6.83. The number of amides is 3. The van der Waals surface area contributed by atoms with Crippen molar-refractivity contribution in [2.24, 2.45) is 16.8 Å². The highest BCUT2D eigenvalue weighted by Gasteiger charge is 2.27. The van der Waals surface area contributed by atoms with Gasteiger partial charge in [0, 0.05) is 10.6 Å². The predicted molar refractivity (Wildman–Crippen MR) is 112 cm³/mol. The van der Waals surface area contributed by atoms with Crippen molar-refractivity contribution in [2.45, 2.75) is 26.2 Å². The molecule has 3 rings (SSSR count). The molecule has 29 heavy (non-hydrogen) atoms. The highest BCUT2D eigenvalue weighted by atomic mass is 32.1. The zero-order valence-electron chi connectivity index (χ0n) is 15.9. The number of oxime groups is 1. The van der Waals surface area contributed by atoms with Gasteiger partial charge in [0.05, 0.1) is 5.56 Å². The number of carbonyl (C=O) groups is 3. The molecule has 0 aliphatic heterocycles. The monoisotopic (exact) mass is 414 g/mol. The van der Waals surface area contributed by atoms with Crippen molar-refractivity contribution in [2.75, 3.05) is 17.2 Å². The Bertz CT molecular complexity index is 939. The van der Waals surface area contributed by atoms with Gasteiger partial charge >= 0.3 is 0 Å². The van der Waals surface area contributed by atoms with E-state index in [0.717, 1.165) is 35.9 Å². The lowest BCUT2D eigenvalue weighted by atomic mass is 9.88. The van der Waals surface area contributed by atoms with E-state index in [-0.39, 0.29) is 0 Å². The molecule has 0 saturated heterocycles. The second kappa shape index (κ2) is 9.33. The summed E-state index contributed by atoms with van der Waals surface area (Å²) in [6.07, 6.45) is 3.58. The van der Waals surface area contributed by atoms with Crippen molar-refractivity contribution in [3.8, 4) is 0 Å². The first-order valence-electron chi connectivity index (χ1n) is 9.19. The van der Waals surface area contributed by atoms with Crippen LogP contribution in [0.15, 0.2) is 35.5 Å². The van der Waals surface area contributed by atoms with E-state index in [9.17, 15) is 14.4 Å². The molecule has 0 bridgehead atoms. The predicted octanol–water partition coefficient (Wildman–Crippen LogP) is 2.55. The number of nitrogens with two attached hydrogens (primary N) is 1. The van der Waals surface area contributed by atoms with E-state index in [1.807, 2.05) is 6.07 Å². The maximum Gasteiger partial charge on any atom is 0.270 e. The van der Waals surface area contributed by atoms with Crippen LogP contribution in [0.1, 0.15) is 34.1 Å². The first-order valence-corrected chi connectivity index (χ1v) is 10.0. The van der Waals surface area contributed by atoms with Crippen LogP contribution < -0.4 is 16.4 Å². The van der Waals surface area contributed by atoms with Crippen molar-refractivity contribution in [1.82, 2.24) is 0 Å². The summed E-state index contributed by atoms with van der Waals surface area (Å²) >= 11 is 1.38. The Hall–Kier alpha value is -3.20. The summed E-state index contributed by atoms with van der Waals surface area (Å²) < 4.78 is 0. The van der Waals surface area contributed by atoms with E-state index in [2.05, 4.69) is 22.7 Å². The lowest BCUT2D eigenvalue weighted by Crippen LogP contribution is -2.21. The molecule has 1 aromatic heterocycles. The van der Waals surface area contributed by atoms with Crippen LogP contribution in [0.5, 0.6) is 0 Å². The summed E-state index contributed by atoms with van der Waals surface area (Å²) in [6.45, 7) is 1.76. The van der Waals surface area contributed by atoms with Crippen LogP contribution in [0.3, 0.4) is 0 Å². The van der Waals surface area contributed by atoms with Crippen LogP contribution in [-0.4, -0.2) is 30.5 Å². The molecule has 1 atom stereocenters. The van der Waals surface area contributed by atoms with Crippen molar-refractivity contribution in [3.63, 3.8) is 0 Å². The smallest absolute Gasteiger partial charge is 0.270 e. The summed E-state index contributed by atoms with van der Waals surface area (Å²) in [7, 11) is 0. The van der Waals surface area contributed by atoms with E-state index in [1.54, 1.807) is 24.3 Å². The fraction of sp³-hybridized carbons (Fsp3) is 0.300. The average molecular weight is 414 g/mol. The Morgan fingerprint density at radius 2 is 2.03 bits per heavy atom. The van der Waals surface area contributed by atoms with Crippen molar-refractivity contribution in [3.05, 3.63) is 46.3 Å². The van der Waals surface area contributed by atoms with E-state index in [0.29, 0.717) is 22.2 Å². The molecule has 0 fully saturated rings. The van der Waals surface area contributed by atoms with Gasteiger partial charge in [0.15, 0.2) is 6.61 Å². The number of nitrogens with one attached hydrogen (secondary N) is 2. The van der Waals surface area contributed by atoms with Crippen LogP contribution in [0.2, 0.25) is 0 Å². The fourth-order valence-electron chi connectivity index (χ4n) is 3.14. The molecule has 0 saturated carbocycles. The number of fused-ring (bicyclic) bond motifs is 1. The van der Waals surface area contributed by atoms with Gasteiger partial charge in [-0.15, -0.1) is 11.3 Å². The lowest BCUT2D eigenvalue weighted by molar-refractivity contribution is -0.120. The molecule has 1 aliphatic rings. The number of nitrogens with zero attached hydrogens (tertiary/aromatic N) is 1. The maximum atomic E-state index is 12.1. The third-order valence-electron chi connectivity index (χ3n) is 4.49. The number of carbonyl (C=O) groups excluding carboxylic acids is 3. The molecule has 152 valence electrons. The van der Waals surface area contributed by atoms with Crippen LogP contribution in [0.25, 0.3) is 0 Å². The Kier molecular flexibility index (Phi) is 6.61. The quantitative estimate of drug-likeness (QED) is 0.476. The minimum atomic E-state index is -0.552. The number of anilines is 2. The molecule has 8 nitrogen and oxygen atoms in total. The molecule has 0 radical (unpaired) electrons. The zero-order valence-corrected chi connectivity index (χ0v) is 16.8. The SMILES string of the molecule is C[C@@H]1CCc2c(sc(NC(=O)CO/N=C\C(=O)Nc3ccccc3)c2C(N)=O)C1. The number of benzene rings is 1. The van der Waals surface area contributed by atoms with Gasteiger partial charge in [-0.3, -0.25) is 14.4 Å². The van der Waals surface area contributed by atoms with Crippen LogP contribution in [0, 0.1) is 5.92 Å². The summed E-state index contributed by atoms with van der Waals surface area (Å²) in [6, 6.07) is 8.88. The molecule has 2 aromatic rings. The Morgan fingerprint density at radius 3 is 2.76 bits per heavy atom. The lowest BCUT2D eigenvalue weighted by Gasteiger charge is -2.18. The Labute approximate surface area is 172 Å². The van der Waals surface area contributed by atoms with Gasteiger partial charge in [-0.1, -0.05) is 30.3 Å². The highest BCUT2D eigenvalue weighted by molar-refractivity contribution is 7.17. The molecule has 4 N–H and O–H groups in total. The van der Waals surface area contributed by atoms with Crippen LogP contribution in [-0.2, 0) is 27.3 Å². The molecule has 3 amide bonds. The van der Waals surface area contributed by atoms with E-state index < -0.39 is 24.3 Å². The summed E-state index contributed by atoms with van der Waals surface area (Å²) in [5, 5.41) is 9.21. The first-order chi connectivity index (χ1) is 13.9. The van der Waals surface area contributed by atoms with Gasteiger partial charge in [-0.2, -0.15) is 0 Å². The van der Waals surface area contributed by atoms with Gasteiger partial charge in [0.1, 0.15) is 11.2 Å². The highest BCUT2D eigenvalue weighted by Crippen LogP contribution is 2.39. The van der Waals surface area contributed by atoms with Gasteiger partial charge in [-0.05, 0) is 42.9 Å². The maximum absolute atomic E-state index is 12.1. The summed E-state index contributed by atoms with van der Waals surface area (Å²) in [5.41, 5.74) is 7.47. The molecule has 0 unspecified atom stereocenters. The number of primary amides is 1. The van der Waals surface area contributed by atoms with Crippen molar-refractivity contribution in [1.29, 1.82) is 0 Å². The van der Waals surface area contributed by atoms with E-state index in [1.165, 1.54) is 11.3 Å². The third-order valence-corrected chi connectivity index (χ3v) is 5.66. The van der Waals surface area contributed by atoms with Gasteiger partial charge in [0.25, 0.3) is 17.7 Å². The number of hydrogen-bond acceptors (Lipinski definition) is 6.